The summed E-state index contributed by atoms with van der Waals surface area (Å²) >= 11 is 0. The molecule has 0 aliphatic carbocycles. The summed E-state index contributed by atoms with van der Waals surface area (Å²) in [5.74, 6) is -1.29. The predicted octanol–water partition coefficient (Wildman–Crippen LogP) is 3.33. The smallest absolute Gasteiger partial charge is 0.330 e. The van der Waals surface area contributed by atoms with Gasteiger partial charge in [-0.25, -0.2) is 9.59 Å². The van der Waals surface area contributed by atoms with Gasteiger partial charge in [-0.1, -0.05) is 52.2 Å². The van der Waals surface area contributed by atoms with Crippen molar-refractivity contribution >= 4 is 11.9 Å². The van der Waals surface area contributed by atoms with Crippen molar-refractivity contribution in [3.8, 4) is 0 Å². The molecule has 0 spiro atoms. The Kier molecular flexibility index (Phi) is 16.1. The van der Waals surface area contributed by atoms with Gasteiger partial charge in [-0.05, 0) is 6.42 Å². The van der Waals surface area contributed by atoms with Crippen molar-refractivity contribution in [3.63, 3.8) is 0 Å². The van der Waals surface area contributed by atoms with E-state index in [4.69, 9.17) is 9.84 Å². The summed E-state index contributed by atoms with van der Waals surface area (Å²) in [6.45, 7) is 9.03. The van der Waals surface area contributed by atoms with Gasteiger partial charge in [-0.15, -0.1) is 0 Å². The summed E-state index contributed by atoms with van der Waals surface area (Å²) in [5, 5.41) is 7.60. The van der Waals surface area contributed by atoms with Crippen LogP contribution in [-0.2, 0) is 14.3 Å². The molecule has 0 aromatic rings. The maximum atomic E-state index is 10.6. The van der Waals surface area contributed by atoms with Crippen LogP contribution in [0.2, 0.25) is 0 Å². The molecule has 0 bridgehead atoms. The molecular formula is C14H24O4. The zero-order valence-corrected chi connectivity index (χ0v) is 11.2. The molecule has 104 valence electrons. The van der Waals surface area contributed by atoms with Gasteiger partial charge in [0.2, 0.25) is 0 Å². The molecule has 0 unspecified atom stereocenters. The van der Waals surface area contributed by atoms with E-state index in [2.05, 4.69) is 20.1 Å². The standard InChI is InChI=1S/C11H20O2.C3H4O2/c1-3-5-6-7-8-9-10-13-11(12)4-2;1-2-3(4)5/h4H,2-3,5-10H2,1H3;2H,1H2,(H,4,5). The lowest BCUT2D eigenvalue weighted by molar-refractivity contribution is -0.138. The highest BCUT2D eigenvalue weighted by Crippen LogP contribution is 2.04. The Bertz CT molecular complexity index is 246. The summed E-state index contributed by atoms with van der Waals surface area (Å²) in [6, 6.07) is 0. The first-order chi connectivity index (χ1) is 8.58. The van der Waals surface area contributed by atoms with Crippen LogP contribution >= 0.6 is 0 Å². The number of carboxylic acids is 1. The van der Waals surface area contributed by atoms with E-state index in [0.717, 1.165) is 18.9 Å². The van der Waals surface area contributed by atoms with Crippen molar-refractivity contribution in [1.82, 2.24) is 0 Å². The van der Waals surface area contributed by atoms with Crippen LogP contribution in [0.5, 0.6) is 0 Å². The molecule has 0 atom stereocenters. The first kappa shape index (κ1) is 18.8. The molecule has 0 aliphatic rings. The number of aliphatic carboxylic acids is 1. The Morgan fingerprint density at radius 3 is 2.00 bits per heavy atom. The van der Waals surface area contributed by atoms with Crippen LogP contribution in [-0.4, -0.2) is 23.7 Å². The normalized spacial score (nSPS) is 8.72. The number of rotatable bonds is 9. The van der Waals surface area contributed by atoms with Crippen molar-refractivity contribution in [2.45, 2.75) is 45.4 Å². The highest BCUT2D eigenvalue weighted by molar-refractivity contribution is 5.81. The third-order valence-corrected chi connectivity index (χ3v) is 2.08. The Morgan fingerprint density at radius 2 is 1.56 bits per heavy atom. The minimum Gasteiger partial charge on any atom is -0.478 e. The Balaban J connectivity index is 0. The number of hydrogen-bond donors (Lipinski definition) is 1. The van der Waals surface area contributed by atoms with Crippen LogP contribution < -0.4 is 0 Å². The average molecular weight is 256 g/mol. The van der Waals surface area contributed by atoms with Gasteiger partial charge in [0, 0.05) is 12.2 Å². The molecule has 0 amide bonds. The van der Waals surface area contributed by atoms with Crippen molar-refractivity contribution in [2.24, 2.45) is 0 Å². The monoisotopic (exact) mass is 256 g/mol. The lowest BCUT2D eigenvalue weighted by Gasteiger charge is -2.01. The second kappa shape index (κ2) is 15.4. The average Bonchev–Trinajstić information content (AvgIpc) is 2.38. The minimum absolute atomic E-state index is 0.312. The number of carboxylic acid groups (broad SMARTS) is 1. The summed E-state index contributed by atoms with van der Waals surface area (Å²) in [6.07, 6.45) is 9.30. The third kappa shape index (κ3) is 19.9. The number of hydrogen-bond acceptors (Lipinski definition) is 3. The first-order valence-corrected chi connectivity index (χ1v) is 6.23. The molecule has 0 aromatic carbocycles. The van der Waals surface area contributed by atoms with Gasteiger partial charge in [-0.2, -0.15) is 0 Å². The van der Waals surface area contributed by atoms with Crippen LogP contribution in [0.3, 0.4) is 0 Å². The third-order valence-electron chi connectivity index (χ3n) is 2.08. The zero-order valence-electron chi connectivity index (χ0n) is 11.2. The Morgan fingerprint density at radius 1 is 1.06 bits per heavy atom. The lowest BCUT2D eigenvalue weighted by Crippen LogP contribution is -2.01. The predicted molar refractivity (Wildman–Crippen MR) is 72.4 cm³/mol. The van der Waals surface area contributed by atoms with Crippen LogP contribution in [0, 0.1) is 0 Å². The molecule has 0 saturated heterocycles. The van der Waals surface area contributed by atoms with Crippen LogP contribution in [0.1, 0.15) is 45.4 Å². The summed E-state index contributed by atoms with van der Waals surface area (Å²) in [7, 11) is 0. The maximum Gasteiger partial charge on any atom is 0.330 e. The van der Waals surface area contributed by atoms with Gasteiger partial charge in [0.15, 0.2) is 0 Å². The van der Waals surface area contributed by atoms with E-state index in [-0.39, 0.29) is 5.97 Å². The molecule has 0 heterocycles. The number of ether oxygens (including phenoxy) is 1. The largest absolute Gasteiger partial charge is 0.478 e. The maximum absolute atomic E-state index is 10.6. The molecule has 0 saturated carbocycles. The van der Waals surface area contributed by atoms with Crippen molar-refractivity contribution < 1.29 is 19.4 Å². The summed E-state index contributed by atoms with van der Waals surface area (Å²) in [5.41, 5.74) is 0. The molecule has 0 radical (unpaired) electrons. The van der Waals surface area contributed by atoms with Crippen LogP contribution in [0.4, 0.5) is 0 Å². The second-order valence-corrected chi connectivity index (χ2v) is 3.68. The van der Waals surface area contributed by atoms with Crippen molar-refractivity contribution in [1.29, 1.82) is 0 Å². The molecule has 0 aliphatic heterocycles. The SMILES string of the molecule is C=CC(=O)O.C=CC(=O)OCCCCCCCC. The number of carbonyl (C=O) groups excluding carboxylic acids is 1. The van der Waals surface area contributed by atoms with Gasteiger partial charge < -0.3 is 9.84 Å². The van der Waals surface area contributed by atoms with Gasteiger partial charge in [-0.3, -0.25) is 0 Å². The quantitative estimate of drug-likeness (QED) is 0.390. The zero-order chi connectivity index (χ0) is 14.2. The van der Waals surface area contributed by atoms with Crippen molar-refractivity contribution in [2.75, 3.05) is 6.61 Å². The van der Waals surface area contributed by atoms with Crippen LogP contribution in [0.25, 0.3) is 0 Å². The number of carbonyl (C=O) groups is 2. The van der Waals surface area contributed by atoms with E-state index >= 15 is 0 Å². The van der Waals surface area contributed by atoms with Gasteiger partial charge in [0.1, 0.15) is 0 Å². The summed E-state index contributed by atoms with van der Waals surface area (Å²) in [4.78, 5) is 19.9. The highest BCUT2D eigenvalue weighted by Gasteiger charge is 1.94. The molecule has 4 nitrogen and oxygen atoms in total. The fraction of sp³-hybridized carbons (Fsp3) is 0.571. The van der Waals surface area contributed by atoms with E-state index in [0.29, 0.717) is 6.61 Å². The second-order valence-electron chi connectivity index (χ2n) is 3.68. The van der Waals surface area contributed by atoms with E-state index in [1.54, 1.807) is 0 Å². The van der Waals surface area contributed by atoms with Gasteiger partial charge >= 0.3 is 11.9 Å². The number of esters is 1. The molecule has 0 rings (SSSR count). The Hall–Kier alpha value is -1.58. The van der Waals surface area contributed by atoms with Crippen LogP contribution in [0.15, 0.2) is 25.3 Å². The molecule has 0 aromatic heterocycles. The number of unbranched alkanes of at least 4 members (excludes halogenated alkanes) is 5. The van der Waals surface area contributed by atoms with E-state index in [1.165, 1.54) is 31.8 Å². The van der Waals surface area contributed by atoms with E-state index < -0.39 is 5.97 Å². The molecular weight excluding hydrogens is 232 g/mol. The van der Waals surface area contributed by atoms with E-state index in [9.17, 15) is 9.59 Å². The molecule has 1 N–H and O–H groups in total. The van der Waals surface area contributed by atoms with Gasteiger partial charge in [0.05, 0.1) is 6.61 Å². The molecule has 0 fully saturated rings. The first-order valence-electron chi connectivity index (χ1n) is 6.23. The summed E-state index contributed by atoms with van der Waals surface area (Å²) < 4.78 is 4.84. The molecule has 4 heteroatoms. The fourth-order valence-corrected chi connectivity index (χ4v) is 1.11. The fourth-order valence-electron chi connectivity index (χ4n) is 1.11. The topological polar surface area (TPSA) is 63.6 Å². The minimum atomic E-state index is -0.981. The van der Waals surface area contributed by atoms with E-state index in [1.807, 2.05) is 0 Å². The lowest BCUT2D eigenvalue weighted by atomic mass is 10.1. The highest BCUT2D eigenvalue weighted by atomic mass is 16.5. The molecule has 18 heavy (non-hydrogen) atoms. The van der Waals surface area contributed by atoms with Crippen molar-refractivity contribution in [3.05, 3.63) is 25.3 Å². The van der Waals surface area contributed by atoms with Gasteiger partial charge in [0.25, 0.3) is 0 Å². The Labute approximate surface area is 109 Å².